The number of likely N-dealkylation sites (tertiary alicyclic amines) is 1. The minimum Gasteiger partial charge on any atom is -0.381 e. The monoisotopic (exact) mass is 329 g/mol. The third-order valence-corrected chi connectivity index (χ3v) is 6.40. The van der Waals surface area contributed by atoms with Crippen LogP contribution in [0.25, 0.3) is 0 Å². The highest BCUT2D eigenvalue weighted by Crippen LogP contribution is 2.38. The highest BCUT2D eigenvalue weighted by Gasteiger charge is 2.42. The molecule has 1 spiro atoms. The van der Waals surface area contributed by atoms with Gasteiger partial charge in [-0.25, -0.2) is 0 Å². The predicted octanol–water partition coefficient (Wildman–Crippen LogP) is 1.61. The fourth-order valence-corrected chi connectivity index (χ4v) is 3.92. The fraction of sp³-hybridized carbons (Fsp3) is 0.938. The van der Waals surface area contributed by atoms with Crippen LogP contribution in [-0.2, 0) is 15.5 Å². The number of rotatable bonds is 4. The molecule has 2 fully saturated rings. The Bertz CT molecular complexity index is 426. The van der Waals surface area contributed by atoms with Crippen molar-refractivity contribution < 1.29 is 8.95 Å². The maximum absolute atomic E-state index is 12.1. The minimum absolute atomic E-state index is 0.160. The summed E-state index contributed by atoms with van der Waals surface area (Å²) in [7, 11) is -0.841. The van der Waals surface area contributed by atoms with Crippen molar-refractivity contribution in [3.05, 3.63) is 0 Å². The predicted molar refractivity (Wildman–Crippen MR) is 92.8 cm³/mol. The number of aliphatic imine (C=N–C) groups is 1. The van der Waals surface area contributed by atoms with Crippen molar-refractivity contribution in [1.29, 1.82) is 0 Å². The van der Waals surface area contributed by atoms with E-state index in [-0.39, 0.29) is 4.75 Å². The Hall–Kier alpha value is -0.620. The molecule has 2 aliphatic rings. The lowest BCUT2D eigenvalue weighted by molar-refractivity contribution is 0.156. The molecule has 2 atom stereocenters. The van der Waals surface area contributed by atoms with Crippen LogP contribution in [0.5, 0.6) is 0 Å². The summed E-state index contributed by atoms with van der Waals surface area (Å²) in [5.41, 5.74) is 0.338. The molecular weight excluding hydrogens is 298 g/mol. The lowest BCUT2D eigenvalue weighted by atomic mass is 9.87. The number of ether oxygens (including phenoxy) is 1. The second-order valence-corrected chi connectivity index (χ2v) is 9.70. The number of guanidine groups is 1. The van der Waals surface area contributed by atoms with Crippen LogP contribution in [0.15, 0.2) is 4.99 Å². The Morgan fingerprint density at radius 1 is 1.41 bits per heavy atom. The molecule has 2 rings (SSSR count). The number of hydrogen-bond donors (Lipinski definition) is 1. The van der Waals surface area contributed by atoms with E-state index in [4.69, 9.17) is 9.73 Å². The van der Waals surface area contributed by atoms with Crippen LogP contribution in [0.1, 0.15) is 40.5 Å². The molecular formula is C16H31N3O2S. The van der Waals surface area contributed by atoms with E-state index in [1.54, 1.807) is 0 Å². The molecule has 2 heterocycles. The molecule has 0 radical (unpaired) electrons. The van der Waals surface area contributed by atoms with E-state index in [0.29, 0.717) is 17.7 Å². The Morgan fingerprint density at radius 3 is 2.77 bits per heavy atom. The molecule has 5 nitrogen and oxygen atoms in total. The zero-order valence-corrected chi connectivity index (χ0v) is 15.3. The van der Waals surface area contributed by atoms with Gasteiger partial charge in [-0.1, -0.05) is 0 Å². The second-order valence-electron chi connectivity index (χ2n) is 7.37. The van der Waals surface area contributed by atoms with Gasteiger partial charge in [0.15, 0.2) is 5.96 Å². The summed E-state index contributed by atoms with van der Waals surface area (Å²) >= 11 is 0. The molecule has 22 heavy (non-hydrogen) atoms. The van der Waals surface area contributed by atoms with Crippen LogP contribution >= 0.6 is 0 Å². The molecule has 2 unspecified atom stereocenters. The topological polar surface area (TPSA) is 53.9 Å². The van der Waals surface area contributed by atoms with Crippen molar-refractivity contribution in [1.82, 2.24) is 10.2 Å². The van der Waals surface area contributed by atoms with E-state index in [2.05, 4.69) is 17.1 Å². The van der Waals surface area contributed by atoms with E-state index in [1.165, 1.54) is 6.42 Å². The first-order chi connectivity index (χ1) is 10.4. The molecule has 2 saturated heterocycles. The first-order valence-corrected chi connectivity index (χ1v) is 9.68. The largest absolute Gasteiger partial charge is 0.381 e. The zero-order chi connectivity index (χ0) is 16.2. The number of hydrogen-bond acceptors (Lipinski definition) is 3. The minimum atomic E-state index is -0.841. The Balaban J connectivity index is 1.92. The summed E-state index contributed by atoms with van der Waals surface area (Å²) in [5, 5.41) is 3.38. The average Bonchev–Trinajstić information content (AvgIpc) is 3.07. The highest BCUT2D eigenvalue weighted by atomic mass is 32.2. The van der Waals surface area contributed by atoms with Crippen LogP contribution in [0.3, 0.4) is 0 Å². The summed E-state index contributed by atoms with van der Waals surface area (Å²) < 4.78 is 17.6. The Kier molecular flexibility index (Phi) is 5.88. The molecule has 0 aromatic heterocycles. The van der Waals surface area contributed by atoms with Gasteiger partial charge in [0.1, 0.15) is 0 Å². The molecule has 0 aliphatic carbocycles. The van der Waals surface area contributed by atoms with Crippen molar-refractivity contribution >= 4 is 16.8 Å². The van der Waals surface area contributed by atoms with E-state index in [9.17, 15) is 4.21 Å². The molecule has 2 aliphatic heterocycles. The average molecular weight is 330 g/mol. The fourth-order valence-electron chi connectivity index (χ4n) is 3.05. The first kappa shape index (κ1) is 17.7. The van der Waals surface area contributed by atoms with Gasteiger partial charge in [0, 0.05) is 53.0 Å². The van der Waals surface area contributed by atoms with Gasteiger partial charge >= 0.3 is 0 Å². The summed E-state index contributed by atoms with van der Waals surface area (Å²) in [5.74, 6) is 1.60. The van der Waals surface area contributed by atoms with Gasteiger partial charge in [-0.3, -0.25) is 9.20 Å². The molecule has 0 amide bonds. The summed E-state index contributed by atoms with van der Waals surface area (Å²) in [4.78, 5) is 7.05. The van der Waals surface area contributed by atoms with Gasteiger partial charge in [0.05, 0.1) is 13.2 Å². The molecule has 1 N–H and O–H groups in total. The molecule has 128 valence electrons. The van der Waals surface area contributed by atoms with Gasteiger partial charge in [0.25, 0.3) is 0 Å². The number of nitrogens with one attached hydrogen (secondary N) is 1. The van der Waals surface area contributed by atoms with E-state index >= 15 is 0 Å². The van der Waals surface area contributed by atoms with Crippen molar-refractivity contribution in [3.63, 3.8) is 0 Å². The standard InChI is InChI=1S/C16H31N3O2S/c1-5-17-14(18-8-11-22(20)15(2,3)4)19-9-6-16(12-19)7-10-21-13-16/h5-13H2,1-4H3,(H,17,18). The molecule has 0 saturated carbocycles. The van der Waals surface area contributed by atoms with Crippen LogP contribution in [0.2, 0.25) is 0 Å². The van der Waals surface area contributed by atoms with Crippen LogP contribution < -0.4 is 5.32 Å². The Labute approximate surface area is 137 Å². The van der Waals surface area contributed by atoms with Gasteiger partial charge in [0.2, 0.25) is 0 Å². The molecule has 0 aromatic carbocycles. The van der Waals surface area contributed by atoms with Crippen molar-refractivity contribution in [2.75, 3.05) is 45.1 Å². The highest BCUT2D eigenvalue weighted by molar-refractivity contribution is 7.86. The van der Waals surface area contributed by atoms with Gasteiger partial charge in [-0.05, 0) is 40.5 Å². The normalized spacial score (nSPS) is 27.6. The summed E-state index contributed by atoms with van der Waals surface area (Å²) in [6.45, 7) is 13.5. The summed E-state index contributed by atoms with van der Waals surface area (Å²) in [6.07, 6.45) is 2.35. The third-order valence-electron chi connectivity index (χ3n) is 4.48. The molecule has 6 heteroatoms. The van der Waals surface area contributed by atoms with Gasteiger partial charge < -0.3 is 15.0 Å². The maximum Gasteiger partial charge on any atom is 0.193 e. The van der Waals surface area contributed by atoms with Gasteiger partial charge in [-0.2, -0.15) is 0 Å². The summed E-state index contributed by atoms with van der Waals surface area (Å²) in [6, 6.07) is 0. The quantitative estimate of drug-likeness (QED) is 0.629. The van der Waals surface area contributed by atoms with Gasteiger partial charge in [-0.15, -0.1) is 0 Å². The van der Waals surface area contributed by atoms with E-state index in [0.717, 1.165) is 45.2 Å². The zero-order valence-electron chi connectivity index (χ0n) is 14.5. The lowest BCUT2D eigenvalue weighted by Crippen LogP contribution is -2.41. The number of nitrogens with zero attached hydrogens (tertiary/aromatic N) is 2. The van der Waals surface area contributed by atoms with Crippen molar-refractivity contribution in [2.24, 2.45) is 10.4 Å². The third kappa shape index (κ3) is 4.44. The van der Waals surface area contributed by atoms with E-state index in [1.807, 2.05) is 20.8 Å². The lowest BCUT2D eigenvalue weighted by Gasteiger charge is -2.25. The first-order valence-electron chi connectivity index (χ1n) is 8.36. The van der Waals surface area contributed by atoms with E-state index < -0.39 is 10.8 Å². The smallest absolute Gasteiger partial charge is 0.193 e. The molecule has 0 aromatic rings. The maximum atomic E-state index is 12.1. The van der Waals surface area contributed by atoms with Crippen LogP contribution in [-0.4, -0.2) is 65.0 Å². The SMILES string of the molecule is CCNC(=NCCS(=O)C(C)(C)C)N1CCC2(CCOC2)C1. The molecule has 0 bridgehead atoms. The van der Waals surface area contributed by atoms with Crippen molar-refractivity contribution in [3.8, 4) is 0 Å². The second kappa shape index (κ2) is 7.30. The van der Waals surface area contributed by atoms with Crippen LogP contribution in [0.4, 0.5) is 0 Å². The van der Waals surface area contributed by atoms with Crippen molar-refractivity contribution in [2.45, 2.75) is 45.3 Å². The Morgan fingerprint density at radius 2 is 2.18 bits per heavy atom. The van der Waals surface area contributed by atoms with Crippen LogP contribution in [0, 0.1) is 5.41 Å².